The van der Waals surface area contributed by atoms with Crippen LogP contribution in [0.15, 0.2) is 42.6 Å². The molecule has 0 aliphatic rings. The Bertz CT molecular complexity index is 634. The van der Waals surface area contributed by atoms with E-state index in [-0.39, 0.29) is 11.9 Å². The Morgan fingerprint density at radius 2 is 2.09 bits per heavy atom. The fourth-order valence-electron chi connectivity index (χ4n) is 2.42. The van der Waals surface area contributed by atoms with Gasteiger partial charge in [-0.2, -0.15) is 0 Å². The molecule has 2 aromatic rings. The maximum atomic E-state index is 12.2. The first kappa shape index (κ1) is 16.1. The smallest absolute Gasteiger partial charge is 0.267 e. The molecule has 1 heterocycles. The molecule has 22 heavy (non-hydrogen) atoms. The fraction of sp³-hybridized carbons (Fsp3) is 0.353. The molecule has 0 aliphatic carbocycles. The summed E-state index contributed by atoms with van der Waals surface area (Å²) in [6.07, 6.45) is 1.86. The van der Waals surface area contributed by atoms with Crippen molar-refractivity contribution in [3.05, 3.63) is 53.9 Å². The topological polar surface area (TPSA) is 46.5 Å². The molecule has 0 fully saturated rings. The van der Waals surface area contributed by atoms with E-state index >= 15 is 0 Å². The maximum absolute atomic E-state index is 12.2. The van der Waals surface area contributed by atoms with Crippen LogP contribution in [-0.4, -0.2) is 43.1 Å². The molecule has 5 nitrogen and oxygen atoms in total. The molecule has 1 N–H and O–H groups in total. The van der Waals surface area contributed by atoms with Gasteiger partial charge in [0, 0.05) is 19.8 Å². The Kier molecular flexibility index (Phi) is 5.22. The number of hydrogen-bond acceptors (Lipinski definition) is 3. The number of aromatic nitrogens is 1. The van der Waals surface area contributed by atoms with Crippen LogP contribution >= 0.6 is 0 Å². The Balaban J connectivity index is 2.09. The van der Waals surface area contributed by atoms with Crippen LogP contribution in [0.1, 0.15) is 22.1 Å². The molecule has 1 aromatic carbocycles. The number of hydrogen-bond donors (Lipinski definition) is 1. The third-order valence-corrected chi connectivity index (χ3v) is 3.73. The second-order valence-electron chi connectivity index (χ2n) is 5.47. The van der Waals surface area contributed by atoms with Gasteiger partial charge in [-0.05, 0) is 43.9 Å². The highest BCUT2D eigenvalue weighted by molar-refractivity contribution is 5.92. The van der Waals surface area contributed by atoms with Gasteiger partial charge in [-0.25, -0.2) is 0 Å². The third-order valence-electron chi connectivity index (χ3n) is 3.73. The van der Waals surface area contributed by atoms with Gasteiger partial charge in [0.05, 0.1) is 13.2 Å². The predicted octanol–water partition coefficient (Wildman–Crippen LogP) is 2.07. The maximum Gasteiger partial charge on any atom is 0.267 e. The number of benzene rings is 1. The van der Waals surface area contributed by atoms with Crippen molar-refractivity contribution in [1.29, 1.82) is 0 Å². The number of carbonyl (C=O) groups excluding carboxylic acids is 1. The second kappa shape index (κ2) is 7.13. The zero-order valence-corrected chi connectivity index (χ0v) is 13.5. The molecule has 0 aliphatic heterocycles. The number of carbonyl (C=O) groups is 1. The van der Waals surface area contributed by atoms with E-state index in [9.17, 15) is 4.79 Å². The average molecular weight is 301 g/mol. The standard InChI is InChI=1S/C17H23N3O2/c1-19(2)16(13-7-5-8-14(11-13)22-4)12-18-17(21)15-9-6-10-20(15)3/h5-11,16H,12H2,1-4H3,(H,18,21). The predicted molar refractivity (Wildman–Crippen MR) is 87.2 cm³/mol. The summed E-state index contributed by atoms with van der Waals surface area (Å²) in [5, 5.41) is 3.00. The SMILES string of the molecule is COc1cccc(C(CNC(=O)c2cccn2C)N(C)C)c1. The molecule has 0 radical (unpaired) electrons. The van der Waals surface area contributed by atoms with Crippen LogP contribution < -0.4 is 10.1 Å². The highest BCUT2D eigenvalue weighted by Crippen LogP contribution is 2.22. The number of rotatable bonds is 6. The average Bonchev–Trinajstić information content (AvgIpc) is 2.93. The summed E-state index contributed by atoms with van der Waals surface area (Å²) in [6.45, 7) is 0.532. The molecule has 0 saturated carbocycles. The first-order chi connectivity index (χ1) is 10.5. The summed E-state index contributed by atoms with van der Waals surface area (Å²) in [6, 6.07) is 11.7. The monoisotopic (exact) mass is 301 g/mol. The van der Waals surface area contributed by atoms with Gasteiger partial charge in [0.1, 0.15) is 11.4 Å². The minimum Gasteiger partial charge on any atom is -0.497 e. The first-order valence-corrected chi connectivity index (χ1v) is 7.23. The van der Waals surface area contributed by atoms with E-state index in [0.717, 1.165) is 11.3 Å². The van der Waals surface area contributed by atoms with Gasteiger partial charge < -0.3 is 19.5 Å². The first-order valence-electron chi connectivity index (χ1n) is 7.23. The molecule has 1 amide bonds. The quantitative estimate of drug-likeness (QED) is 0.888. The number of likely N-dealkylation sites (N-methyl/N-ethyl adjacent to an activating group) is 1. The van der Waals surface area contributed by atoms with E-state index in [2.05, 4.69) is 10.2 Å². The Morgan fingerprint density at radius 1 is 1.32 bits per heavy atom. The van der Waals surface area contributed by atoms with Crippen molar-refractivity contribution in [3.8, 4) is 5.75 Å². The van der Waals surface area contributed by atoms with Crippen molar-refractivity contribution in [3.63, 3.8) is 0 Å². The second-order valence-corrected chi connectivity index (χ2v) is 5.47. The lowest BCUT2D eigenvalue weighted by Gasteiger charge is -2.25. The molecule has 118 valence electrons. The highest BCUT2D eigenvalue weighted by Gasteiger charge is 2.17. The summed E-state index contributed by atoms with van der Waals surface area (Å²) in [5.74, 6) is 0.750. The molecule has 0 spiro atoms. The fourth-order valence-corrected chi connectivity index (χ4v) is 2.42. The Labute approximate surface area is 131 Å². The summed E-state index contributed by atoms with van der Waals surface area (Å²) >= 11 is 0. The van der Waals surface area contributed by atoms with Crippen LogP contribution in [0, 0.1) is 0 Å². The number of nitrogens with zero attached hydrogens (tertiary/aromatic N) is 2. The highest BCUT2D eigenvalue weighted by atomic mass is 16.5. The van der Waals surface area contributed by atoms with Gasteiger partial charge in [-0.1, -0.05) is 12.1 Å². The summed E-state index contributed by atoms with van der Waals surface area (Å²) < 4.78 is 7.09. The summed E-state index contributed by atoms with van der Waals surface area (Å²) in [7, 11) is 7.51. The van der Waals surface area contributed by atoms with E-state index in [4.69, 9.17) is 4.74 Å². The summed E-state index contributed by atoms with van der Waals surface area (Å²) in [5.41, 5.74) is 1.76. The largest absolute Gasteiger partial charge is 0.497 e. The van der Waals surface area contributed by atoms with Crippen molar-refractivity contribution in [2.75, 3.05) is 27.7 Å². The van der Waals surface area contributed by atoms with Crippen molar-refractivity contribution in [1.82, 2.24) is 14.8 Å². The van der Waals surface area contributed by atoms with Gasteiger partial charge in [-0.15, -0.1) is 0 Å². The van der Waals surface area contributed by atoms with Gasteiger partial charge in [0.15, 0.2) is 0 Å². The van der Waals surface area contributed by atoms with Gasteiger partial charge >= 0.3 is 0 Å². The molecule has 1 unspecified atom stereocenters. The van der Waals surface area contributed by atoms with Gasteiger partial charge in [0.2, 0.25) is 0 Å². The van der Waals surface area contributed by atoms with Crippen LogP contribution in [0.4, 0.5) is 0 Å². The van der Waals surface area contributed by atoms with E-state index in [1.807, 2.05) is 68.3 Å². The van der Waals surface area contributed by atoms with Crippen molar-refractivity contribution in [2.24, 2.45) is 7.05 Å². The van der Waals surface area contributed by atoms with Crippen LogP contribution in [0.25, 0.3) is 0 Å². The zero-order chi connectivity index (χ0) is 16.1. The van der Waals surface area contributed by atoms with Gasteiger partial charge in [0.25, 0.3) is 5.91 Å². The minimum absolute atomic E-state index is 0.0674. The number of methoxy groups -OCH3 is 1. The number of nitrogens with one attached hydrogen (secondary N) is 1. The van der Waals surface area contributed by atoms with E-state index in [1.54, 1.807) is 7.11 Å². The lowest BCUT2D eigenvalue weighted by Crippen LogP contribution is -2.35. The van der Waals surface area contributed by atoms with E-state index in [1.165, 1.54) is 0 Å². The van der Waals surface area contributed by atoms with Crippen LogP contribution in [-0.2, 0) is 7.05 Å². The lowest BCUT2D eigenvalue weighted by atomic mass is 10.1. The van der Waals surface area contributed by atoms with Crippen LogP contribution in [0.5, 0.6) is 5.75 Å². The molecular weight excluding hydrogens is 278 g/mol. The van der Waals surface area contributed by atoms with Crippen LogP contribution in [0.2, 0.25) is 0 Å². The van der Waals surface area contributed by atoms with Crippen molar-refractivity contribution in [2.45, 2.75) is 6.04 Å². The van der Waals surface area contributed by atoms with Crippen molar-refractivity contribution >= 4 is 5.91 Å². The molecular formula is C17H23N3O2. The molecule has 0 saturated heterocycles. The van der Waals surface area contributed by atoms with E-state index in [0.29, 0.717) is 12.2 Å². The number of aryl methyl sites for hydroxylation is 1. The van der Waals surface area contributed by atoms with Crippen molar-refractivity contribution < 1.29 is 9.53 Å². The van der Waals surface area contributed by atoms with Gasteiger partial charge in [-0.3, -0.25) is 4.79 Å². The Morgan fingerprint density at radius 3 is 2.68 bits per heavy atom. The molecule has 1 aromatic heterocycles. The zero-order valence-electron chi connectivity index (χ0n) is 13.5. The molecule has 2 rings (SSSR count). The molecule has 0 bridgehead atoms. The number of amides is 1. The normalized spacial score (nSPS) is 12.2. The minimum atomic E-state index is -0.0674. The van der Waals surface area contributed by atoms with Crippen LogP contribution in [0.3, 0.4) is 0 Å². The number of ether oxygens (including phenoxy) is 1. The lowest BCUT2D eigenvalue weighted by molar-refractivity contribution is 0.0934. The molecule has 5 heteroatoms. The summed E-state index contributed by atoms with van der Waals surface area (Å²) in [4.78, 5) is 14.3. The third kappa shape index (κ3) is 3.68. The van der Waals surface area contributed by atoms with E-state index < -0.39 is 0 Å². The Hall–Kier alpha value is -2.27. The molecule has 1 atom stereocenters.